The van der Waals surface area contributed by atoms with Gasteiger partial charge in [0.1, 0.15) is 0 Å². The fourth-order valence-electron chi connectivity index (χ4n) is 1.21. The first-order chi connectivity index (χ1) is 8.38. The molecule has 18 heavy (non-hydrogen) atoms. The molecule has 0 unspecified atom stereocenters. The van der Waals surface area contributed by atoms with Gasteiger partial charge in [-0.1, -0.05) is 29.3 Å². The zero-order chi connectivity index (χ0) is 13.8. The van der Waals surface area contributed by atoms with E-state index in [9.17, 15) is 8.42 Å². The first kappa shape index (κ1) is 15.5. The molecular formula is C10H14Cl2N2O3S. The van der Waals surface area contributed by atoms with E-state index < -0.39 is 10.2 Å². The molecule has 0 heterocycles. The maximum Gasteiger partial charge on any atom is 0.301 e. The molecule has 0 aliphatic carbocycles. The third-order valence-corrected chi connectivity index (χ3v) is 4.53. The number of hydrogen-bond acceptors (Lipinski definition) is 3. The molecule has 5 nitrogen and oxygen atoms in total. The smallest absolute Gasteiger partial charge is 0.301 e. The summed E-state index contributed by atoms with van der Waals surface area (Å²) >= 11 is 11.7. The van der Waals surface area contributed by atoms with Crippen LogP contribution in [0.25, 0.3) is 0 Å². The van der Waals surface area contributed by atoms with E-state index in [4.69, 9.17) is 28.3 Å². The van der Waals surface area contributed by atoms with Gasteiger partial charge in [0.25, 0.3) is 0 Å². The summed E-state index contributed by atoms with van der Waals surface area (Å²) in [4.78, 5) is 0. The Kier molecular flexibility index (Phi) is 5.68. The molecule has 2 N–H and O–H groups in total. The number of anilines is 1. The highest BCUT2D eigenvalue weighted by atomic mass is 35.5. The predicted octanol–water partition coefficient (Wildman–Crippen LogP) is 1.96. The van der Waals surface area contributed by atoms with Gasteiger partial charge in [-0.15, -0.1) is 0 Å². The summed E-state index contributed by atoms with van der Waals surface area (Å²) in [5.41, 5.74) is 0.222. The monoisotopic (exact) mass is 312 g/mol. The van der Waals surface area contributed by atoms with Crippen LogP contribution >= 0.6 is 23.2 Å². The van der Waals surface area contributed by atoms with E-state index in [-0.39, 0.29) is 28.9 Å². The molecule has 102 valence electrons. The summed E-state index contributed by atoms with van der Waals surface area (Å²) in [5, 5.41) is 9.09. The summed E-state index contributed by atoms with van der Waals surface area (Å²) in [6, 6.07) is 4.68. The lowest BCUT2D eigenvalue weighted by Gasteiger charge is -2.18. The summed E-state index contributed by atoms with van der Waals surface area (Å²) in [5.74, 6) is 0. The van der Waals surface area contributed by atoms with Crippen LogP contribution in [0.4, 0.5) is 5.69 Å². The molecule has 8 heteroatoms. The third-order valence-electron chi connectivity index (χ3n) is 2.23. The van der Waals surface area contributed by atoms with Crippen LogP contribution in [0.5, 0.6) is 0 Å². The predicted molar refractivity (Wildman–Crippen MR) is 73.3 cm³/mol. The van der Waals surface area contributed by atoms with E-state index in [1.165, 1.54) is 13.1 Å². The van der Waals surface area contributed by atoms with Crippen molar-refractivity contribution in [2.75, 3.05) is 24.9 Å². The molecule has 1 aromatic rings. The van der Waals surface area contributed by atoms with Gasteiger partial charge in [0.15, 0.2) is 0 Å². The maximum absolute atomic E-state index is 11.9. The van der Waals surface area contributed by atoms with E-state index in [1.807, 2.05) is 0 Å². The second-order valence-electron chi connectivity index (χ2n) is 3.61. The van der Waals surface area contributed by atoms with Crippen LogP contribution in [-0.2, 0) is 10.2 Å². The summed E-state index contributed by atoms with van der Waals surface area (Å²) < 4.78 is 27.2. The molecule has 0 radical (unpaired) electrons. The average molecular weight is 313 g/mol. The summed E-state index contributed by atoms with van der Waals surface area (Å²) in [7, 11) is -2.28. The summed E-state index contributed by atoms with van der Waals surface area (Å²) in [6.45, 7) is 0.141. The van der Waals surface area contributed by atoms with Crippen molar-refractivity contribution in [1.82, 2.24) is 4.31 Å². The number of hydrogen-bond donors (Lipinski definition) is 2. The van der Waals surface area contributed by atoms with Crippen LogP contribution in [-0.4, -0.2) is 38.0 Å². The fraction of sp³-hybridized carbons (Fsp3) is 0.400. The van der Waals surface area contributed by atoms with Crippen LogP contribution in [0.15, 0.2) is 18.2 Å². The Hall–Kier alpha value is -0.530. The second-order valence-corrected chi connectivity index (χ2v) is 6.17. The first-order valence-electron chi connectivity index (χ1n) is 5.17. The number of nitrogens with one attached hydrogen (secondary N) is 1. The van der Waals surface area contributed by atoms with Crippen LogP contribution in [0.2, 0.25) is 10.0 Å². The van der Waals surface area contributed by atoms with Crippen molar-refractivity contribution in [1.29, 1.82) is 0 Å². The molecule has 0 fully saturated rings. The van der Waals surface area contributed by atoms with E-state index >= 15 is 0 Å². The van der Waals surface area contributed by atoms with Gasteiger partial charge in [-0.2, -0.15) is 12.7 Å². The topological polar surface area (TPSA) is 69.6 Å². The second kappa shape index (κ2) is 6.58. The SMILES string of the molecule is CN(CCCO)S(=O)(=O)Nc1cccc(Cl)c1Cl. The Balaban J connectivity index is 2.85. The van der Waals surface area contributed by atoms with E-state index in [0.717, 1.165) is 4.31 Å². The third kappa shape index (κ3) is 4.00. The number of rotatable bonds is 6. The Bertz CT molecular complexity index is 508. The molecular weight excluding hydrogens is 299 g/mol. The van der Waals surface area contributed by atoms with Gasteiger partial charge in [0.05, 0.1) is 15.7 Å². The number of aliphatic hydroxyl groups excluding tert-OH is 1. The molecule has 0 saturated carbocycles. The zero-order valence-corrected chi connectivity index (χ0v) is 12.1. The lowest BCUT2D eigenvalue weighted by Crippen LogP contribution is -2.33. The van der Waals surface area contributed by atoms with Gasteiger partial charge in [-0.3, -0.25) is 4.72 Å². The molecule has 0 spiro atoms. The van der Waals surface area contributed by atoms with Crippen LogP contribution < -0.4 is 4.72 Å². The highest BCUT2D eigenvalue weighted by Crippen LogP contribution is 2.30. The normalized spacial score (nSPS) is 11.8. The van der Waals surface area contributed by atoms with Crippen molar-refractivity contribution >= 4 is 39.1 Å². The Morgan fingerprint density at radius 3 is 2.67 bits per heavy atom. The van der Waals surface area contributed by atoms with Gasteiger partial charge < -0.3 is 5.11 Å². The van der Waals surface area contributed by atoms with Crippen molar-refractivity contribution in [3.05, 3.63) is 28.2 Å². The Morgan fingerprint density at radius 2 is 2.06 bits per heavy atom. The highest BCUT2D eigenvalue weighted by Gasteiger charge is 2.18. The molecule has 0 aliphatic heterocycles. The number of aliphatic hydroxyl groups is 1. The lowest BCUT2D eigenvalue weighted by atomic mass is 10.3. The molecule has 0 saturated heterocycles. The Labute approximate surface area is 116 Å². The number of nitrogens with zero attached hydrogens (tertiary/aromatic N) is 1. The zero-order valence-electron chi connectivity index (χ0n) is 9.73. The highest BCUT2D eigenvalue weighted by molar-refractivity contribution is 7.90. The molecule has 1 rings (SSSR count). The minimum Gasteiger partial charge on any atom is -0.396 e. The fourth-order valence-corrected chi connectivity index (χ4v) is 2.59. The molecule has 0 bridgehead atoms. The van der Waals surface area contributed by atoms with Gasteiger partial charge >= 0.3 is 10.2 Å². The summed E-state index contributed by atoms with van der Waals surface area (Å²) in [6.07, 6.45) is 0.362. The van der Waals surface area contributed by atoms with Gasteiger partial charge in [0.2, 0.25) is 0 Å². The average Bonchev–Trinajstić information content (AvgIpc) is 2.31. The van der Waals surface area contributed by atoms with E-state index in [2.05, 4.69) is 4.72 Å². The van der Waals surface area contributed by atoms with Crippen LogP contribution in [0, 0.1) is 0 Å². The molecule has 0 amide bonds. The van der Waals surface area contributed by atoms with Crippen molar-refractivity contribution in [2.45, 2.75) is 6.42 Å². The Morgan fingerprint density at radius 1 is 1.39 bits per heavy atom. The minimum atomic E-state index is -3.70. The number of benzene rings is 1. The van der Waals surface area contributed by atoms with Crippen molar-refractivity contribution < 1.29 is 13.5 Å². The molecule has 0 atom stereocenters. The van der Waals surface area contributed by atoms with Gasteiger partial charge in [-0.25, -0.2) is 0 Å². The molecule has 0 aliphatic rings. The van der Waals surface area contributed by atoms with Gasteiger partial charge in [-0.05, 0) is 18.6 Å². The standard InChI is InChI=1S/C10H14Cl2N2O3S/c1-14(6-3-7-15)18(16,17)13-9-5-2-4-8(11)10(9)12/h2,4-5,13,15H,3,6-7H2,1H3. The largest absolute Gasteiger partial charge is 0.396 e. The maximum atomic E-state index is 11.9. The van der Waals surface area contributed by atoms with Crippen molar-refractivity contribution in [2.24, 2.45) is 0 Å². The minimum absolute atomic E-state index is 0.0716. The van der Waals surface area contributed by atoms with E-state index in [0.29, 0.717) is 6.42 Å². The van der Waals surface area contributed by atoms with Crippen molar-refractivity contribution in [3.8, 4) is 0 Å². The van der Waals surface area contributed by atoms with E-state index in [1.54, 1.807) is 12.1 Å². The quantitative estimate of drug-likeness (QED) is 0.843. The molecule has 0 aromatic heterocycles. The van der Waals surface area contributed by atoms with Crippen molar-refractivity contribution in [3.63, 3.8) is 0 Å². The first-order valence-corrected chi connectivity index (χ1v) is 7.37. The number of halogens is 2. The van der Waals surface area contributed by atoms with Crippen LogP contribution in [0.1, 0.15) is 6.42 Å². The lowest BCUT2D eigenvalue weighted by molar-refractivity contribution is 0.276. The van der Waals surface area contributed by atoms with Crippen LogP contribution in [0.3, 0.4) is 0 Å². The molecule has 1 aromatic carbocycles. The van der Waals surface area contributed by atoms with Gasteiger partial charge in [0, 0.05) is 20.2 Å².